The molecule has 2 aromatic rings. The molecular formula is C36H50FN5O7S. The van der Waals surface area contributed by atoms with Crippen molar-refractivity contribution in [3.63, 3.8) is 0 Å². The first-order chi connectivity index (χ1) is 23.6. The zero-order valence-corrected chi connectivity index (χ0v) is 30.1. The number of unbranched alkanes of at least 4 members (excludes halogenated alkanes) is 4. The van der Waals surface area contributed by atoms with Crippen LogP contribution >= 0.6 is 11.3 Å². The second-order valence-electron chi connectivity index (χ2n) is 14.5. The summed E-state index contributed by atoms with van der Waals surface area (Å²) in [6.07, 6.45) is 3.08. The molecule has 0 bridgehead atoms. The molecule has 4 rings (SSSR count). The van der Waals surface area contributed by atoms with Gasteiger partial charge in [0.15, 0.2) is 5.67 Å². The molecule has 2 fully saturated rings. The van der Waals surface area contributed by atoms with Gasteiger partial charge in [-0.15, -0.1) is 11.3 Å². The van der Waals surface area contributed by atoms with Crippen molar-refractivity contribution in [3.8, 4) is 10.4 Å². The van der Waals surface area contributed by atoms with Crippen molar-refractivity contribution in [2.45, 2.75) is 122 Å². The van der Waals surface area contributed by atoms with E-state index in [1.165, 1.54) is 16.2 Å². The summed E-state index contributed by atoms with van der Waals surface area (Å²) in [6.45, 7) is 7.43. The van der Waals surface area contributed by atoms with Crippen molar-refractivity contribution >= 4 is 40.9 Å². The van der Waals surface area contributed by atoms with E-state index < -0.39 is 59.0 Å². The number of aliphatic carboxylic acids is 1. The maximum Gasteiger partial charge on any atom is 0.303 e. The van der Waals surface area contributed by atoms with Gasteiger partial charge in [0.2, 0.25) is 17.7 Å². The van der Waals surface area contributed by atoms with E-state index in [0.717, 1.165) is 41.8 Å². The lowest BCUT2D eigenvalue weighted by atomic mass is 9.85. The number of likely N-dealkylation sites (tertiary alicyclic amines) is 1. The van der Waals surface area contributed by atoms with Gasteiger partial charge in [0.25, 0.3) is 5.91 Å². The summed E-state index contributed by atoms with van der Waals surface area (Å²) in [5.41, 5.74) is 1.47. The number of halogens is 1. The molecule has 4 amide bonds. The van der Waals surface area contributed by atoms with Crippen LogP contribution in [0.3, 0.4) is 0 Å². The number of β-amino-alcohol motifs (C(OH)–C–C–N with tert-alkyl or cyclic N) is 1. The number of thiazole rings is 1. The summed E-state index contributed by atoms with van der Waals surface area (Å²) in [7, 11) is 0. The molecule has 0 radical (unpaired) electrons. The highest BCUT2D eigenvalue weighted by molar-refractivity contribution is 7.13. The summed E-state index contributed by atoms with van der Waals surface area (Å²) in [6, 6.07) is 4.51. The Bertz CT molecular complexity index is 1520. The topological polar surface area (TPSA) is 178 Å². The number of carbonyl (C=O) groups excluding carboxylic acids is 4. The van der Waals surface area contributed by atoms with Crippen molar-refractivity contribution < 1.29 is 38.6 Å². The highest BCUT2D eigenvalue weighted by Gasteiger charge is 2.53. The molecule has 1 aromatic heterocycles. The zero-order valence-electron chi connectivity index (χ0n) is 29.3. The number of benzene rings is 1. The summed E-state index contributed by atoms with van der Waals surface area (Å²) in [5.74, 6) is -3.09. The van der Waals surface area contributed by atoms with E-state index in [0.29, 0.717) is 18.5 Å². The fourth-order valence-electron chi connectivity index (χ4n) is 6.10. The first-order valence-electron chi connectivity index (χ1n) is 17.4. The molecule has 4 atom stereocenters. The molecule has 274 valence electrons. The Kier molecular flexibility index (Phi) is 13.1. The van der Waals surface area contributed by atoms with Crippen molar-refractivity contribution in [1.29, 1.82) is 0 Å². The predicted octanol–water partition coefficient (Wildman–Crippen LogP) is 4.20. The van der Waals surface area contributed by atoms with Crippen LogP contribution in [0.4, 0.5) is 4.39 Å². The molecule has 1 saturated heterocycles. The third-order valence-corrected chi connectivity index (χ3v) is 10.2. The standard InChI is InChI=1S/C36H50FN5O7S/c1-22-30(50-21-39-22)24-13-11-23(12-14-24)26(19-28(44)38-17-9-7-5-6-8-10-29(45)46)40-32(47)27-18-25(43)20-42(27)33(48)31(35(2,3)4)41-34(49)36(37)15-16-36/h11-14,21,25-27,31,43H,5-10,15-20H2,1-4H3,(H,38,44)(H,40,47)(H,41,49)(H,45,46)/t25-,26?,27+,31?/m1/s1. The lowest BCUT2D eigenvalue weighted by Gasteiger charge is -2.36. The monoisotopic (exact) mass is 715 g/mol. The zero-order chi connectivity index (χ0) is 36.6. The van der Waals surface area contributed by atoms with E-state index in [4.69, 9.17) is 5.11 Å². The van der Waals surface area contributed by atoms with E-state index in [2.05, 4.69) is 20.9 Å². The van der Waals surface area contributed by atoms with E-state index in [1.807, 2.05) is 31.2 Å². The van der Waals surface area contributed by atoms with Crippen molar-refractivity contribution in [1.82, 2.24) is 25.8 Å². The van der Waals surface area contributed by atoms with E-state index in [1.54, 1.807) is 26.3 Å². The Morgan fingerprint density at radius 1 is 1.04 bits per heavy atom. The molecular weight excluding hydrogens is 665 g/mol. The van der Waals surface area contributed by atoms with Crippen LogP contribution in [-0.4, -0.2) is 86.6 Å². The number of aliphatic hydroxyl groups is 1. The number of nitrogens with zero attached hydrogens (tertiary/aromatic N) is 2. The molecule has 12 nitrogen and oxygen atoms in total. The highest BCUT2D eigenvalue weighted by Crippen LogP contribution is 2.40. The first-order valence-corrected chi connectivity index (χ1v) is 18.2. The van der Waals surface area contributed by atoms with Gasteiger partial charge in [-0.05, 0) is 49.1 Å². The summed E-state index contributed by atoms with van der Waals surface area (Å²) < 4.78 is 14.6. The summed E-state index contributed by atoms with van der Waals surface area (Å²) in [4.78, 5) is 70.9. The maximum absolute atomic E-state index is 14.6. The Morgan fingerprint density at radius 3 is 2.30 bits per heavy atom. The van der Waals surface area contributed by atoms with Gasteiger partial charge in [-0.3, -0.25) is 24.0 Å². The summed E-state index contributed by atoms with van der Waals surface area (Å²) >= 11 is 1.51. The van der Waals surface area contributed by atoms with Gasteiger partial charge >= 0.3 is 5.97 Å². The van der Waals surface area contributed by atoms with Gasteiger partial charge in [0.05, 0.1) is 34.6 Å². The predicted molar refractivity (Wildman–Crippen MR) is 187 cm³/mol. The number of rotatable bonds is 17. The molecule has 14 heteroatoms. The number of nitrogens with one attached hydrogen (secondary N) is 3. The molecule has 1 aromatic carbocycles. The van der Waals surface area contributed by atoms with Gasteiger partial charge in [-0.25, -0.2) is 9.37 Å². The minimum Gasteiger partial charge on any atom is -0.481 e. The third kappa shape index (κ3) is 10.5. The fourth-order valence-corrected chi connectivity index (χ4v) is 6.91. The smallest absolute Gasteiger partial charge is 0.303 e. The number of amides is 4. The molecule has 2 aliphatic rings. The van der Waals surface area contributed by atoms with Crippen molar-refractivity contribution in [2.75, 3.05) is 13.1 Å². The SMILES string of the molecule is Cc1ncsc1-c1ccc(C(CC(=O)NCCCCCCCC(=O)O)NC(=O)[C@@H]2C[C@@H](O)CN2C(=O)C(NC(=O)C2(F)CC2)C(C)(C)C)cc1. The largest absolute Gasteiger partial charge is 0.481 e. The van der Waals surface area contributed by atoms with E-state index >= 15 is 0 Å². The van der Waals surface area contributed by atoms with Crippen molar-refractivity contribution in [2.24, 2.45) is 5.41 Å². The molecule has 0 spiro atoms. The van der Waals surface area contributed by atoms with Crippen molar-refractivity contribution in [3.05, 3.63) is 41.0 Å². The number of carboxylic acid groups (broad SMARTS) is 1. The molecule has 2 unspecified atom stereocenters. The van der Waals surface area contributed by atoms with E-state index in [9.17, 15) is 33.5 Å². The Morgan fingerprint density at radius 2 is 1.70 bits per heavy atom. The average molecular weight is 716 g/mol. The molecule has 1 aliphatic carbocycles. The molecule has 1 aliphatic heterocycles. The van der Waals surface area contributed by atoms with Crippen LogP contribution in [0.5, 0.6) is 0 Å². The lowest BCUT2D eigenvalue weighted by molar-refractivity contribution is -0.145. The third-order valence-electron chi connectivity index (χ3n) is 9.27. The number of hydrogen-bond acceptors (Lipinski definition) is 8. The number of hydrogen-bond donors (Lipinski definition) is 5. The molecule has 1 saturated carbocycles. The molecule has 2 heterocycles. The van der Waals surface area contributed by atoms with Crippen LogP contribution in [0.2, 0.25) is 0 Å². The second kappa shape index (κ2) is 16.9. The summed E-state index contributed by atoms with van der Waals surface area (Å²) in [5, 5.41) is 27.8. The quantitative estimate of drug-likeness (QED) is 0.151. The van der Waals surface area contributed by atoms with Gasteiger partial charge in [0.1, 0.15) is 12.1 Å². The van der Waals surface area contributed by atoms with Gasteiger partial charge in [-0.1, -0.05) is 64.3 Å². The Balaban J connectivity index is 1.46. The highest BCUT2D eigenvalue weighted by atomic mass is 32.1. The van der Waals surface area contributed by atoms with E-state index in [-0.39, 0.29) is 44.6 Å². The normalized spacial score (nSPS) is 19.4. The van der Waals surface area contributed by atoms with Crippen LogP contribution in [0, 0.1) is 12.3 Å². The molecule has 50 heavy (non-hydrogen) atoms. The first kappa shape index (κ1) is 38.9. The van der Waals surface area contributed by atoms with Gasteiger partial charge in [-0.2, -0.15) is 0 Å². The minimum absolute atomic E-state index is 0.0373. The number of aliphatic hydroxyl groups excluding tert-OH is 1. The minimum atomic E-state index is -1.99. The van der Waals surface area contributed by atoms with Crippen LogP contribution in [0.1, 0.15) is 102 Å². The van der Waals surface area contributed by atoms with Gasteiger partial charge in [0, 0.05) is 25.9 Å². The average Bonchev–Trinajstić information content (AvgIpc) is 3.46. The number of carboxylic acids is 1. The number of aromatic nitrogens is 1. The lowest BCUT2D eigenvalue weighted by Crippen LogP contribution is -2.59. The Hall–Kier alpha value is -3.91. The molecule has 5 N–H and O–H groups in total. The Labute approximate surface area is 296 Å². The number of alkyl halides is 1. The fraction of sp³-hybridized carbons (Fsp3) is 0.611. The number of aryl methyl sites for hydroxylation is 1. The van der Waals surface area contributed by atoms with Gasteiger partial charge < -0.3 is 31.1 Å². The van der Waals surface area contributed by atoms with Crippen LogP contribution in [0.15, 0.2) is 29.8 Å². The van der Waals surface area contributed by atoms with Crippen LogP contribution < -0.4 is 16.0 Å². The van der Waals surface area contributed by atoms with Crippen LogP contribution in [0.25, 0.3) is 10.4 Å². The van der Waals surface area contributed by atoms with Crippen LogP contribution in [-0.2, 0) is 24.0 Å². The second-order valence-corrected chi connectivity index (χ2v) is 15.4. The maximum atomic E-state index is 14.6. The number of carbonyl (C=O) groups is 5.